The van der Waals surface area contributed by atoms with Crippen LogP contribution in [0.2, 0.25) is 0 Å². The van der Waals surface area contributed by atoms with E-state index in [2.05, 4.69) is 10.9 Å². The second-order valence-electron chi connectivity index (χ2n) is 19.9. The zero-order chi connectivity index (χ0) is 75.5. The van der Waals surface area contributed by atoms with Crippen molar-refractivity contribution >= 4 is 136 Å². The third-order valence-corrected chi connectivity index (χ3v) is 16.0. The maximum Gasteiger partial charge on any atom is 0.237 e. The van der Waals surface area contributed by atoms with Crippen LogP contribution in [0.25, 0.3) is 169 Å². The molecule has 0 fully saturated rings. The summed E-state index contributed by atoms with van der Waals surface area (Å²) in [6.45, 7) is 10.1. The highest BCUT2D eigenvalue weighted by molar-refractivity contribution is 6.26. The summed E-state index contributed by atoms with van der Waals surface area (Å²) in [6, 6.07) is 13.3. The van der Waals surface area contributed by atoms with E-state index in [0.29, 0.717) is 38.3 Å². The highest BCUT2D eigenvalue weighted by atomic mass is 16.3. The maximum absolute atomic E-state index is 13.1. The molecule has 0 atom stereocenters. The van der Waals surface area contributed by atoms with Crippen LogP contribution in [0.5, 0.6) is 0 Å². The summed E-state index contributed by atoms with van der Waals surface area (Å²) in [6.07, 6.45) is 0. The second kappa shape index (κ2) is 16.9. The quantitative estimate of drug-likeness (QED) is 0.127. The summed E-state index contributed by atoms with van der Waals surface area (Å²) < 4.78 is 242. The van der Waals surface area contributed by atoms with Crippen molar-refractivity contribution in [3.63, 3.8) is 0 Å². The van der Waals surface area contributed by atoms with Crippen LogP contribution in [-0.2, 0) is 0 Å². The number of fused-ring (bicyclic) bond motifs is 19. The molecule has 0 bridgehead atoms. The highest BCUT2D eigenvalue weighted by Crippen LogP contribution is 2.53. The van der Waals surface area contributed by atoms with Gasteiger partial charge in [-0.05, 0) is 93.2 Å². The van der Waals surface area contributed by atoms with E-state index in [0.717, 1.165) is 35.2 Å². The van der Waals surface area contributed by atoms with E-state index in [1.54, 1.807) is 48.5 Å². The average molecular weight is 1080 g/mol. The van der Waals surface area contributed by atoms with E-state index in [1.165, 1.54) is 4.57 Å². The van der Waals surface area contributed by atoms with Gasteiger partial charge in [0.05, 0.1) is 117 Å². The monoisotopic (exact) mass is 1080 g/mol. The van der Waals surface area contributed by atoms with Crippen LogP contribution in [0.3, 0.4) is 0 Å². The Hall–Kier alpha value is -11.6. The van der Waals surface area contributed by atoms with Gasteiger partial charge in [0.25, 0.3) is 0 Å². The van der Waals surface area contributed by atoms with Crippen molar-refractivity contribution in [2.45, 2.75) is 0 Å². The normalized spacial score (nSPS) is 16.1. The number of nitrogens with zero attached hydrogens (tertiary/aromatic N) is 6. The number of furan rings is 1. The molecule has 0 spiro atoms. The van der Waals surface area contributed by atoms with E-state index < -0.39 is 244 Å². The van der Waals surface area contributed by atoms with Gasteiger partial charge in [0.1, 0.15) is 17.2 Å². The number of rotatable bonds is 5. The molecule has 0 aliphatic heterocycles. The third-order valence-electron chi connectivity index (χ3n) is 16.0. The predicted octanol–water partition coefficient (Wildman–Crippen LogP) is 20.4. The molecule has 7 nitrogen and oxygen atoms in total. The van der Waals surface area contributed by atoms with Crippen LogP contribution in [0.4, 0.5) is 5.69 Å². The van der Waals surface area contributed by atoms with Crippen molar-refractivity contribution in [3.05, 3.63) is 271 Å². The molecule has 0 unspecified atom stereocenters. The van der Waals surface area contributed by atoms with Crippen LogP contribution in [-0.4, -0.2) is 18.3 Å². The zero-order valence-electron chi connectivity index (χ0n) is 66.5. The van der Waals surface area contributed by atoms with Gasteiger partial charge < -0.3 is 22.7 Å². The summed E-state index contributed by atoms with van der Waals surface area (Å²) in [5, 5.41) is 14.6. The molecule has 0 N–H and O–H groups in total. The van der Waals surface area contributed by atoms with Gasteiger partial charge in [-0.3, -0.25) is 0 Å². The van der Waals surface area contributed by atoms with E-state index in [9.17, 15) is 42.0 Å². The van der Waals surface area contributed by atoms with Gasteiger partial charge in [0.2, 0.25) is 5.69 Å². The Balaban J connectivity index is 1.25. The minimum Gasteiger partial charge on any atom is -0.456 e. The largest absolute Gasteiger partial charge is 0.456 e. The molecule has 0 aliphatic carbocycles. The van der Waals surface area contributed by atoms with Crippen molar-refractivity contribution in [2.75, 3.05) is 0 Å². The molecule has 382 valence electrons. The van der Waals surface area contributed by atoms with Crippen LogP contribution in [0.1, 0.15) is 38.5 Å². The summed E-state index contributed by atoms with van der Waals surface area (Å²) in [5.41, 5.74) is -7.09. The van der Waals surface area contributed by atoms with Gasteiger partial charge in [-0.2, -0.15) is 5.26 Å². The topological polar surface area (TPSA) is 61.0 Å². The third kappa shape index (κ3) is 6.04. The summed E-state index contributed by atoms with van der Waals surface area (Å²) in [7, 11) is 0. The Morgan fingerprint density at radius 3 is 1.46 bits per heavy atom. The molecule has 0 amide bonds. The maximum atomic E-state index is 13.1. The molecule has 5 heterocycles. The Morgan fingerprint density at radius 2 is 0.880 bits per heavy atom. The van der Waals surface area contributed by atoms with E-state index in [-0.39, 0.29) is 16.6 Å². The summed E-state index contributed by atoms with van der Waals surface area (Å²) in [4.78, 5) is 4.31. The van der Waals surface area contributed by atoms with Gasteiger partial charge in [0.15, 0.2) is 0 Å². The molecule has 83 heavy (non-hydrogen) atoms. The van der Waals surface area contributed by atoms with Crippen LogP contribution in [0, 0.1) is 17.9 Å². The van der Waals surface area contributed by atoms with Crippen LogP contribution >= 0.6 is 0 Å². The Labute approximate surface area is 507 Å². The van der Waals surface area contributed by atoms with Gasteiger partial charge in [-0.15, -0.1) is 0 Å². The molecule has 13 aromatic carbocycles. The van der Waals surface area contributed by atoms with Crippen LogP contribution < -0.4 is 0 Å². The van der Waals surface area contributed by atoms with E-state index in [1.807, 2.05) is 60.7 Å². The number of hydrogen-bond donors (Lipinski definition) is 0. The Kier molecular flexibility index (Phi) is 5.71. The lowest BCUT2D eigenvalue weighted by molar-refractivity contribution is 0.669. The van der Waals surface area contributed by atoms with Gasteiger partial charge >= 0.3 is 0 Å². The van der Waals surface area contributed by atoms with Crippen molar-refractivity contribution in [2.24, 2.45) is 0 Å². The SMILES string of the molecule is [2H]c1c([2H])c([2H])c2c(c1[2H])c1c([2H])c([2H])c([2H])c([2H])c1n2-c1c(C#N)c(-n2c3c([2H])c([2H])c([2H])c([2H])c3c3c([2H])c([2H])c([2H])c([2H])c32)c(-n2c3cc(-c4cccc5c4ccc4ccccc45)ccc3c3ccc4oc5ccccc5c4c32)c(-n2c3c([2H])c([2H])c([2H])c([2H])c3c3c([2H])c([2H])c([2H])c([2H])c32)c1[N+]#[C-]. The number of aromatic nitrogens is 4. The van der Waals surface area contributed by atoms with Crippen molar-refractivity contribution in [1.29, 1.82) is 5.26 Å². The first-order chi connectivity index (χ1) is 51.1. The summed E-state index contributed by atoms with van der Waals surface area (Å²) >= 11 is 0. The molecule has 7 heteroatoms. The second-order valence-corrected chi connectivity index (χ2v) is 19.9. The fourth-order valence-corrected chi connectivity index (χ4v) is 12.7. The molecule has 0 saturated carbocycles. The number of benzene rings is 13. The minimum absolute atomic E-state index is 0.118. The zero-order valence-corrected chi connectivity index (χ0v) is 42.5. The van der Waals surface area contributed by atoms with Gasteiger partial charge in [-0.25, -0.2) is 4.85 Å². The Bertz CT molecular complexity index is 7050. The number of para-hydroxylation sites is 7. The molecule has 5 aromatic heterocycles. The fraction of sp³-hybridized carbons (Fsp3) is 0. The molecular weight excluding hydrogens is 1010 g/mol. The average Bonchev–Trinajstić information content (AvgIpc) is 1.52. The number of hydrogen-bond acceptors (Lipinski definition) is 2. The highest BCUT2D eigenvalue weighted by Gasteiger charge is 2.35. The van der Waals surface area contributed by atoms with Gasteiger partial charge in [0, 0.05) is 48.5 Å². The van der Waals surface area contributed by atoms with Crippen molar-refractivity contribution in [1.82, 2.24) is 18.3 Å². The molecule has 0 saturated heterocycles. The first kappa shape index (κ1) is 28.0. The van der Waals surface area contributed by atoms with E-state index in [4.69, 9.17) is 7.16 Å². The van der Waals surface area contributed by atoms with Crippen molar-refractivity contribution in [3.8, 4) is 39.9 Å². The molecule has 0 aliphatic rings. The van der Waals surface area contributed by atoms with Crippen molar-refractivity contribution < 1.29 is 37.3 Å². The van der Waals surface area contributed by atoms with Gasteiger partial charge in [-0.1, -0.05) is 194 Å². The van der Waals surface area contributed by atoms with E-state index >= 15 is 0 Å². The lowest BCUT2D eigenvalue weighted by Gasteiger charge is -2.27. The lowest BCUT2D eigenvalue weighted by atomic mass is 9.94. The molecule has 18 aromatic rings. The standard InChI is InChI=1S/C76H42N6O/c1-78-71-73(79-61-30-11-4-21-51(61)52-22-5-12-31-62(52)79)60(44-77)74(80-63-32-13-6-23-53(63)54-24-7-14-33-64(54)80)76(75(71)81-65-34-15-8-25-55(65)56-26-9-16-35-66(56)81)82-67-43-46(48-28-18-29-49-47-20-3-2-19-45(47)37-39-50(48)49)38-40-57(67)58-41-42-69-70(72(58)82)59-27-10-17-36-68(59)83-69/h2-43H/i4D,5D,6D,7D,8D,9D,11D,12D,13D,14D,15D,16D,21D,22D,23D,24D,25D,26D,30D,31D,32D,33D,34D,35D. The minimum atomic E-state index is -0.970. The first-order valence-corrected chi connectivity index (χ1v) is 26.0. The molecule has 0 radical (unpaired) electrons. The lowest BCUT2D eigenvalue weighted by Crippen LogP contribution is -2.14. The number of nitriles is 1. The first-order valence-electron chi connectivity index (χ1n) is 38.0. The molecular formula is C76H42N6O. The summed E-state index contributed by atoms with van der Waals surface area (Å²) in [5.74, 6) is 0. The van der Waals surface area contributed by atoms with Crippen LogP contribution in [0.15, 0.2) is 259 Å². The Morgan fingerprint density at radius 1 is 0.386 bits per heavy atom. The fourth-order valence-electron chi connectivity index (χ4n) is 12.7. The smallest absolute Gasteiger partial charge is 0.237 e. The molecule has 18 rings (SSSR count). The predicted molar refractivity (Wildman–Crippen MR) is 343 cm³/mol.